The highest BCUT2D eigenvalue weighted by Crippen LogP contribution is 2.38. The summed E-state index contributed by atoms with van der Waals surface area (Å²) in [4.78, 5) is 0. The first kappa shape index (κ1) is 18.2. The van der Waals surface area contributed by atoms with E-state index in [2.05, 4.69) is 14.8 Å². The lowest BCUT2D eigenvalue weighted by atomic mass is 10.0. The van der Waals surface area contributed by atoms with E-state index in [1.165, 1.54) is 24.3 Å². The van der Waals surface area contributed by atoms with Crippen molar-refractivity contribution in [3.8, 4) is 28.3 Å². The standard InChI is InChI=1S/C24H17F2N3O/c1-30-19-10-11-22-20(12-19)24-21(14-29(22)13-15-2-6-17(25)7-3-15)23(27-28-24)16-4-8-18(26)9-5-16/h2-12,14H,13H2,1H3. The number of benzene rings is 3. The fourth-order valence-corrected chi connectivity index (χ4v) is 3.69. The second-order valence-electron chi connectivity index (χ2n) is 7.08. The first-order valence-electron chi connectivity index (χ1n) is 9.46. The van der Waals surface area contributed by atoms with E-state index in [-0.39, 0.29) is 11.6 Å². The Hall–Kier alpha value is -3.80. The third-order valence-corrected chi connectivity index (χ3v) is 5.20. The Bertz CT molecular complexity index is 1310. The normalized spacial score (nSPS) is 11.3. The minimum absolute atomic E-state index is 0.267. The van der Waals surface area contributed by atoms with Crippen molar-refractivity contribution < 1.29 is 13.5 Å². The average molecular weight is 401 g/mol. The Balaban J connectivity index is 1.73. The highest BCUT2D eigenvalue weighted by Gasteiger charge is 2.20. The SMILES string of the molecule is COc1ccc2c(c1)c1nnc(-c3ccc(F)cc3)c-1cn2Cc1ccc(F)cc1. The lowest BCUT2D eigenvalue weighted by Crippen LogP contribution is -2.04. The molecule has 0 fully saturated rings. The summed E-state index contributed by atoms with van der Waals surface area (Å²) in [5.74, 6) is 0.149. The smallest absolute Gasteiger partial charge is 0.123 e. The van der Waals surface area contributed by atoms with Crippen molar-refractivity contribution in [3.05, 3.63) is 90.1 Å². The molecule has 0 N–H and O–H groups in total. The van der Waals surface area contributed by atoms with E-state index in [0.717, 1.165) is 39.0 Å². The van der Waals surface area contributed by atoms with Gasteiger partial charge in [-0.25, -0.2) is 8.78 Å². The molecule has 0 aromatic heterocycles. The van der Waals surface area contributed by atoms with Crippen LogP contribution < -0.4 is 4.74 Å². The molecule has 0 radical (unpaired) electrons. The molecule has 3 aromatic carbocycles. The molecular weight excluding hydrogens is 384 g/mol. The fraction of sp³-hybridized carbons (Fsp3) is 0.0833. The van der Waals surface area contributed by atoms with Crippen LogP contribution in [-0.4, -0.2) is 21.9 Å². The zero-order valence-electron chi connectivity index (χ0n) is 16.1. The van der Waals surface area contributed by atoms with Gasteiger partial charge >= 0.3 is 0 Å². The van der Waals surface area contributed by atoms with Crippen LogP contribution >= 0.6 is 0 Å². The molecule has 0 unspecified atom stereocenters. The summed E-state index contributed by atoms with van der Waals surface area (Å²) >= 11 is 0. The largest absolute Gasteiger partial charge is 0.497 e. The van der Waals surface area contributed by atoms with Gasteiger partial charge in [0.05, 0.1) is 12.6 Å². The molecule has 0 aliphatic carbocycles. The number of halogens is 2. The number of fused-ring (bicyclic) bond motifs is 3. The van der Waals surface area contributed by atoms with E-state index in [1.54, 1.807) is 31.4 Å². The van der Waals surface area contributed by atoms with Gasteiger partial charge < -0.3 is 9.30 Å². The van der Waals surface area contributed by atoms with Gasteiger partial charge in [-0.15, -0.1) is 10.2 Å². The molecule has 5 rings (SSSR count). The van der Waals surface area contributed by atoms with Crippen molar-refractivity contribution in [2.45, 2.75) is 6.54 Å². The molecule has 0 spiro atoms. The van der Waals surface area contributed by atoms with E-state index in [1.807, 2.05) is 24.4 Å². The van der Waals surface area contributed by atoms with Gasteiger partial charge in [0.2, 0.25) is 0 Å². The van der Waals surface area contributed by atoms with Crippen LogP contribution in [0.3, 0.4) is 0 Å². The van der Waals surface area contributed by atoms with Crippen LogP contribution in [0.15, 0.2) is 72.9 Å². The van der Waals surface area contributed by atoms with Gasteiger partial charge in [-0.3, -0.25) is 0 Å². The molecule has 0 atom stereocenters. The summed E-state index contributed by atoms with van der Waals surface area (Å²) in [5.41, 5.74) is 4.99. The van der Waals surface area contributed by atoms with E-state index in [4.69, 9.17) is 4.74 Å². The molecule has 30 heavy (non-hydrogen) atoms. The quantitative estimate of drug-likeness (QED) is 0.397. The third kappa shape index (κ3) is 3.16. The van der Waals surface area contributed by atoms with Crippen LogP contribution in [0.2, 0.25) is 0 Å². The van der Waals surface area contributed by atoms with Crippen molar-refractivity contribution in [2.75, 3.05) is 7.11 Å². The molecule has 148 valence electrons. The zero-order chi connectivity index (χ0) is 20.7. The van der Waals surface area contributed by atoms with Gasteiger partial charge in [-0.2, -0.15) is 0 Å². The summed E-state index contributed by atoms with van der Waals surface area (Å²) in [5, 5.41) is 9.70. The maximum atomic E-state index is 13.4. The fourth-order valence-electron chi connectivity index (χ4n) is 3.69. The first-order chi connectivity index (χ1) is 14.6. The van der Waals surface area contributed by atoms with Gasteiger partial charge in [0.25, 0.3) is 0 Å². The summed E-state index contributed by atoms with van der Waals surface area (Å²) in [7, 11) is 1.62. The van der Waals surface area contributed by atoms with E-state index in [0.29, 0.717) is 12.2 Å². The molecule has 4 nitrogen and oxygen atoms in total. The van der Waals surface area contributed by atoms with Crippen LogP contribution in [0, 0.1) is 11.6 Å². The minimum Gasteiger partial charge on any atom is -0.497 e. The van der Waals surface area contributed by atoms with Gasteiger partial charge in [-0.1, -0.05) is 12.1 Å². The van der Waals surface area contributed by atoms with Crippen LogP contribution in [-0.2, 0) is 6.54 Å². The number of methoxy groups -OCH3 is 1. The predicted octanol–water partition coefficient (Wildman–Crippen LogP) is 5.54. The van der Waals surface area contributed by atoms with Gasteiger partial charge in [0.15, 0.2) is 0 Å². The number of ether oxygens (including phenoxy) is 1. The molecule has 0 amide bonds. The second-order valence-corrected chi connectivity index (χ2v) is 7.08. The van der Waals surface area contributed by atoms with Crippen molar-refractivity contribution in [3.63, 3.8) is 0 Å². The Kier molecular flexibility index (Phi) is 4.39. The van der Waals surface area contributed by atoms with Crippen molar-refractivity contribution in [2.24, 2.45) is 0 Å². The third-order valence-electron chi connectivity index (χ3n) is 5.20. The molecule has 2 aliphatic rings. The molecule has 3 aromatic rings. The summed E-state index contributed by atoms with van der Waals surface area (Å²) < 4.78 is 34.2. The highest BCUT2D eigenvalue weighted by atomic mass is 19.1. The maximum Gasteiger partial charge on any atom is 0.123 e. The highest BCUT2D eigenvalue weighted by molar-refractivity contribution is 5.98. The van der Waals surface area contributed by atoms with Crippen LogP contribution in [0.4, 0.5) is 8.78 Å². The summed E-state index contributed by atoms with van der Waals surface area (Å²) in [6.07, 6.45) is 1.99. The number of pyridine rings is 1. The van der Waals surface area contributed by atoms with E-state index < -0.39 is 0 Å². The van der Waals surface area contributed by atoms with Crippen LogP contribution in [0.25, 0.3) is 33.4 Å². The molecule has 0 bridgehead atoms. The predicted molar refractivity (Wildman–Crippen MR) is 112 cm³/mol. The Morgan fingerprint density at radius 1 is 0.833 bits per heavy atom. The lowest BCUT2D eigenvalue weighted by molar-refractivity contribution is 0.415. The molecule has 0 saturated heterocycles. The topological polar surface area (TPSA) is 39.9 Å². The number of hydrogen-bond acceptors (Lipinski definition) is 3. The van der Waals surface area contributed by atoms with Crippen molar-refractivity contribution in [1.29, 1.82) is 0 Å². The molecule has 2 aliphatic heterocycles. The average Bonchev–Trinajstić information content (AvgIpc) is 3.19. The van der Waals surface area contributed by atoms with Crippen molar-refractivity contribution >= 4 is 10.9 Å². The Morgan fingerprint density at radius 3 is 2.20 bits per heavy atom. The molecule has 0 saturated carbocycles. The Labute approximate surface area is 171 Å². The van der Waals surface area contributed by atoms with Crippen LogP contribution in [0.1, 0.15) is 5.56 Å². The summed E-state index contributed by atoms with van der Waals surface area (Å²) in [6, 6.07) is 18.5. The number of rotatable bonds is 4. The monoisotopic (exact) mass is 401 g/mol. The van der Waals surface area contributed by atoms with Gasteiger partial charge in [-0.05, 0) is 60.2 Å². The lowest BCUT2D eigenvalue weighted by Gasteiger charge is -2.16. The van der Waals surface area contributed by atoms with E-state index >= 15 is 0 Å². The second kappa shape index (κ2) is 7.22. The van der Waals surface area contributed by atoms with Gasteiger partial charge in [0.1, 0.15) is 28.8 Å². The summed E-state index contributed by atoms with van der Waals surface area (Å²) in [6.45, 7) is 0.549. The number of aromatic nitrogens is 3. The van der Waals surface area contributed by atoms with Crippen LogP contribution in [0.5, 0.6) is 5.75 Å². The van der Waals surface area contributed by atoms with Gasteiger partial charge in [0, 0.05) is 29.3 Å². The maximum absolute atomic E-state index is 13.4. The number of hydrogen-bond donors (Lipinski definition) is 0. The minimum atomic E-state index is -0.302. The van der Waals surface area contributed by atoms with E-state index in [9.17, 15) is 8.78 Å². The zero-order valence-corrected chi connectivity index (χ0v) is 16.1. The Morgan fingerprint density at radius 2 is 1.50 bits per heavy atom. The number of nitrogens with zero attached hydrogens (tertiary/aromatic N) is 3. The molecule has 6 heteroatoms. The molecule has 2 heterocycles. The molecular formula is C24H17F2N3O. The van der Waals surface area contributed by atoms with Crippen molar-refractivity contribution in [1.82, 2.24) is 14.8 Å². The first-order valence-corrected chi connectivity index (χ1v) is 9.46.